The number of hydrogen-bond donors (Lipinski definition) is 1. The molecule has 1 saturated carbocycles. The van der Waals surface area contributed by atoms with Crippen molar-refractivity contribution >= 4 is 9.84 Å². The first-order chi connectivity index (χ1) is 11.4. The Balaban J connectivity index is 2.05. The maximum absolute atomic E-state index is 14.3. The zero-order valence-corrected chi connectivity index (χ0v) is 13.7. The topological polar surface area (TPSA) is 87.4 Å². The first kappa shape index (κ1) is 17.9. The summed E-state index contributed by atoms with van der Waals surface area (Å²) in [6.45, 7) is 0. The second kappa shape index (κ2) is 5.32. The van der Waals surface area contributed by atoms with E-state index in [1.165, 1.54) is 6.07 Å². The molecule has 0 saturated heterocycles. The van der Waals surface area contributed by atoms with Crippen LogP contribution in [0.15, 0.2) is 17.0 Å². The molecule has 0 radical (unpaired) electrons. The van der Waals surface area contributed by atoms with Crippen LogP contribution in [0.1, 0.15) is 36.2 Å². The third-order valence-corrected chi connectivity index (χ3v) is 5.59. The zero-order chi connectivity index (χ0) is 18.8. The van der Waals surface area contributed by atoms with E-state index in [-0.39, 0.29) is 12.8 Å². The Morgan fingerprint density at radius 3 is 2.40 bits per heavy atom. The summed E-state index contributed by atoms with van der Waals surface area (Å²) in [5, 5.41) is 18.4. The van der Waals surface area contributed by atoms with Gasteiger partial charge in [-0.15, -0.1) is 0 Å². The molecular formula is C15H13F4NO4S. The van der Waals surface area contributed by atoms with Crippen LogP contribution in [0.2, 0.25) is 0 Å². The van der Waals surface area contributed by atoms with Gasteiger partial charge in [0.25, 0.3) is 0 Å². The summed E-state index contributed by atoms with van der Waals surface area (Å²) in [6, 6.07) is 3.38. The van der Waals surface area contributed by atoms with Crippen molar-refractivity contribution in [1.29, 1.82) is 5.26 Å². The van der Waals surface area contributed by atoms with E-state index in [0.29, 0.717) is 0 Å². The fourth-order valence-corrected chi connectivity index (χ4v) is 4.04. The number of alkyl halides is 4. The summed E-state index contributed by atoms with van der Waals surface area (Å²) in [6.07, 6.45) is -6.34. The van der Waals surface area contributed by atoms with Crippen LogP contribution in [0, 0.1) is 11.3 Å². The second-order valence-electron chi connectivity index (χ2n) is 6.33. The van der Waals surface area contributed by atoms with Crippen molar-refractivity contribution < 1.29 is 35.8 Å². The van der Waals surface area contributed by atoms with Gasteiger partial charge < -0.3 is 9.84 Å². The summed E-state index contributed by atoms with van der Waals surface area (Å²) >= 11 is 0. The average Bonchev–Trinajstić information content (AvgIpc) is 2.66. The highest BCUT2D eigenvalue weighted by molar-refractivity contribution is 7.90. The molecular weight excluding hydrogens is 366 g/mol. The smallest absolute Gasteiger partial charge is 0.312 e. The fourth-order valence-electron chi connectivity index (χ4n) is 3.11. The number of rotatable bonds is 3. The molecule has 2 atom stereocenters. The molecule has 0 amide bonds. The molecule has 0 heterocycles. The SMILES string of the molecule is CS(=O)(=O)c1ccc(OC2CC(F)(C#N)C2)c2c1[C@H](O)C(F)(F)[C@@H]2F. The number of nitrogens with zero attached hydrogens (tertiary/aromatic N) is 1. The molecule has 0 spiro atoms. The molecule has 0 aliphatic heterocycles. The van der Waals surface area contributed by atoms with Crippen LogP contribution >= 0.6 is 0 Å². The fraction of sp³-hybridized carbons (Fsp3) is 0.533. The van der Waals surface area contributed by atoms with Gasteiger partial charge in [-0.25, -0.2) is 17.2 Å². The quantitative estimate of drug-likeness (QED) is 0.816. The van der Waals surface area contributed by atoms with Crippen molar-refractivity contribution in [3.05, 3.63) is 23.3 Å². The lowest BCUT2D eigenvalue weighted by molar-refractivity contribution is -0.144. The van der Waals surface area contributed by atoms with Crippen LogP contribution in [0.4, 0.5) is 17.6 Å². The van der Waals surface area contributed by atoms with E-state index in [0.717, 1.165) is 18.4 Å². The zero-order valence-electron chi connectivity index (χ0n) is 12.8. The van der Waals surface area contributed by atoms with Gasteiger partial charge in [0.15, 0.2) is 16.0 Å². The Hall–Kier alpha value is -1.86. The Bertz CT molecular complexity index is 874. The number of benzene rings is 1. The maximum atomic E-state index is 14.3. The van der Waals surface area contributed by atoms with Gasteiger partial charge in [-0.1, -0.05) is 0 Å². The average molecular weight is 379 g/mol. The second-order valence-corrected chi connectivity index (χ2v) is 8.31. The lowest BCUT2D eigenvalue weighted by Gasteiger charge is -2.36. The van der Waals surface area contributed by atoms with Crippen LogP contribution in [0.25, 0.3) is 0 Å². The highest BCUT2D eigenvalue weighted by Crippen LogP contribution is 2.57. The van der Waals surface area contributed by atoms with Crippen molar-refractivity contribution in [2.45, 2.75) is 47.7 Å². The molecule has 136 valence electrons. The van der Waals surface area contributed by atoms with Gasteiger partial charge in [-0.05, 0) is 12.1 Å². The van der Waals surface area contributed by atoms with Gasteiger partial charge in [0.1, 0.15) is 24.0 Å². The van der Waals surface area contributed by atoms with Gasteiger partial charge in [0.05, 0.1) is 4.90 Å². The van der Waals surface area contributed by atoms with Crippen LogP contribution < -0.4 is 4.74 Å². The van der Waals surface area contributed by atoms with E-state index >= 15 is 0 Å². The number of sulfone groups is 1. The van der Waals surface area contributed by atoms with Crippen molar-refractivity contribution in [3.63, 3.8) is 0 Å². The molecule has 1 N–H and O–H groups in total. The molecule has 1 aromatic rings. The molecule has 0 unspecified atom stereocenters. The molecule has 0 aromatic heterocycles. The van der Waals surface area contributed by atoms with Gasteiger partial charge in [0, 0.05) is 30.2 Å². The van der Waals surface area contributed by atoms with Gasteiger partial charge in [-0.3, -0.25) is 0 Å². The van der Waals surface area contributed by atoms with E-state index in [1.807, 2.05) is 0 Å². The summed E-state index contributed by atoms with van der Waals surface area (Å²) < 4.78 is 84.5. The lowest BCUT2D eigenvalue weighted by atomic mass is 9.80. The minimum atomic E-state index is -4.22. The Kier molecular flexibility index (Phi) is 3.82. The van der Waals surface area contributed by atoms with E-state index in [1.54, 1.807) is 0 Å². The normalized spacial score (nSPS) is 33.2. The highest BCUT2D eigenvalue weighted by atomic mass is 32.2. The minimum absolute atomic E-state index is 0.317. The summed E-state index contributed by atoms with van der Waals surface area (Å²) in [5.74, 6) is -4.62. The molecule has 1 aromatic carbocycles. The molecule has 3 rings (SSSR count). The lowest BCUT2D eigenvalue weighted by Crippen LogP contribution is -2.45. The molecule has 10 heteroatoms. The molecule has 25 heavy (non-hydrogen) atoms. The Labute approximate surface area is 140 Å². The Morgan fingerprint density at radius 2 is 1.88 bits per heavy atom. The van der Waals surface area contributed by atoms with Crippen LogP contribution in [0.5, 0.6) is 5.75 Å². The molecule has 1 fully saturated rings. The van der Waals surface area contributed by atoms with Gasteiger partial charge in [0.2, 0.25) is 5.67 Å². The van der Waals surface area contributed by atoms with Crippen molar-refractivity contribution in [1.82, 2.24) is 0 Å². The van der Waals surface area contributed by atoms with Crippen molar-refractivity contribution in [2.75, 3.05) is 6.26 Å². The highest BCUT2D eigenvalue weighted by Gasteiger charge is 2.59. The van der Waals surface area contributed by atoms with Crippen LogP contribution in [-0.2, 0) is 9.84 Å². The number of aliphatic hydroxyl groups is 1. The van der Waals surface area contributed by atoms with Gasteiger partial charge in [-0.2, -0.15) is 14.0 Å². The van der Waals surface area contributed by atoms with Gasteiger partial charge >= 0.3 is 5.92 Å². The van der Waals surface area contributed by atoms with E-state index in [4.69, 9.17) is 10.00 Å². The summed E-state index contributed by atoms with van der Waals surface area (Å²) in [7, 11) is -4.01. The number of aliphatic hydroxyl groups excluding tert-OH is 1. The van der Waals surface area contributed by atoms with Crippen molar-refractivity contribution in [3.8, 4) is 11.8 Å². The number of nitriles is 1. The molecule has 2 aliphatic carbocycles. The standard InChI is InChI=1S/C15H13F4NO4S/c1-25(22,23)9-3-2-8(24-7-4-14(17,5-7)6-20)10-11(9)13(21)15(18,19)12(10)16/h2-3,7,12-13,21H,4-5H2,1H3/t7?,12-,13+,14?/m1/s1. The number of fused-ring (bicyclic) bond motifs is 1. The maximum Gasteiger partial charge on any atom is 0.312 e. The van der Waals surface area contributed by atoms with Crippen LogP contribution in [-0.4, -0.2) is 37.5 Å². The predicted molar refractivity (Wildman–Crippen MR) is 76.4 cm³/mol. The number of ether oxygens (including phenoxy) is 1. The molecule has 2 aliphatic rings. The first-order valence-corrected chi connectivity index (χ1v) is 9.13. The summed E-state index contributed by atoms with van der Waals surface area (Å²) in [4.78, 5) is -0.618. The largest absolute Gasteiger partial charge is 0.490 e. The third-order valence-electron chi connectivity index (χ3n) is 4.43. The minimum Gasteiger partial charge on any atom is -0.490 e. The first-order valence-electron chi connectivity index (χ1n) is 7.24. The monoisotopic (exact) mass is 379 g/mol. The van der Waals surface area contributed by atoms with E-state index in [2.05, 4.69) is 0 Å². The Morgan fingerprint density at radius 1 is 1.28 bits per heavy atom. The molecule has 5 nitrogen and oxygen atoms in total. The predicted octanol–water partition coefficient (Wildman–Crippen LogP) is 2.56. The van der Waals surface area contributed by atoms with E-state index < -0.39 is 61.6 Å². The van der Waals surface area contributed by atoms with Crippen molar-refractivity contribution in [2.24, 2.45) is 0 Å². The van der Waals surface area contributed by atoms with Crippen LogP contribution in [0.3, 0.4) is 0 Å². The number of hydrogen-bond acceptors (Lipinski definition) is 5. The third kappa shape index (κ3) is 2.66. The van der Waals surface area contributed by atoms with E-state index in [9.17, 15) is 31.1 Å². The molecule has 0 bridgehead atoms. The number of halogens is 4. The summed E-state index contributed by atoms with van der Waals surface area (Å²) in [5.41, 5.74) is -3.59.